The van der Waals surface area contributed by atoms with Crippen LogP contribution >= 0.6 is 0 Å². The summed E-state index contributed by atoms with van der Waals surface area (Å²) in [6.45, 7) is 14.4. The second kappa shape index (κ2) is 11.9. The summed E-state index contributed by atoms with van der Waals surface area (Å²) in [5, 5.41) is 20.4. The Morgan fingerprint density at radius 3 is 2.67 bits per heavy atom. The molecule has 258 valence electrons. The first-order valence-corrected chi connectivity index (χ1v) is 17.3. The molecule has 1 aromatic carbocycles. The van der Waals surface area contributed by atoms with Gasteiger partial charge in [0.2, 0.25) is 0 Å². The lowest BCUT2D eigenvalue weighted by atomic mass is 9.44. The number of rotatable bonds is 7. The molecule has 2 bridgehead atoms. The van der Waals surface area contributed by atoms with E-state index in [0.717, 1.165) is 30.4 Å². The number of nitrogen functional groups attached to an aromatic ring is 1. The molecule has 3 fully saturated rings. The number of hydrogen-bond acceptors (Lipinski definition) is 10. The number of carbonyl (C=O) groups excluding carboxylic acids is 2. The van der Waals surface area contributed by atoms with Gasteiger partial charge in [0.25, 0.3) is 0 Å². The Bertz CT molecular complexity index is 1920. The van der Waals surface area contributed by atoms with E-state index in [-0.39, 0.29) is 41.5 Å². The van der Waals surface area contributed by atoms with Crippen molar-refractivity contribution < 1.29 is 19.4 Å². The van der Waals surface area contributed by atoms with Gasteiger partial charge >= 0.3 is 5.97 Å². The minimum Gasteiger partial charge on any atom is -0.460 e. The maximum Gasteiger partial charge on any atom is 0.328 e. The van der Waals surface area contributed by atoms with Crippen molar-refractivity contribution in [1.82, 2.24) is 34.5 Å². The molecule has 0 saturated heterocycles. The van der Waals surface area contributed by atoms with Crippen LogP contribution in [-0.4, -0.2) is 63.6 Å². The summed E-state index contributed by atoms with van der Waals surface area (Å²) >= 11 is 0. The van der Waals surface area contributed by atoms with Gasteiger partial charge in [0, 0.05) is 28.7 Å². The highest BCUT2D eigenvalue weighted by Crippen LogP contribution is 2.68. The molecule has 0 spiro atoms. The number of nitrogens with two attached hydrogens (primary N) is 1. The SMILES string of the molecule is C=C[C@]1(C)C[C@@H](OC(=O)Cn2cc(-c3ccc([C@@H](C)n4cnc5c(N)ncnc54)cc3)nn2)[C@]2(C)[C@H](C)CC[C@]3(CCC(=O)[C@H]32)[C@@H](C)[C@@H]1O. The van der Waals surface area contributed by atoms with Gasteiger partial charge in [-0.15, -0.1) is 11.7 Å². The van der Waals surface area contributed by atoms with E-state index in [4.69, 9.17) is 10.5 Å². The highest BCUT2D eigenvalue weighted by molar-refractivity contribution is 5.86. The minimum absolute atomic E-state index is 0.0576. The van der Waals surface area contributed by atoms with Crippen molar-refractivity contribution in [1.29, 1.82) is 0 Å². The molecule has 7 rings (SSSR count). The van der Waals surface area contributed by atoms with Crippen LogP contribution in [0.2, 0.25) is 0 Å². The normalized spacial score (nSPS) is 33.4. The van der Waals surface area contributed by atoms with Crippen molar-refractivity contribution in [3.63, 3.8) is 0 Å². The zero-order valence-electron chi connectivity index (χ0n) is 28.9. The van der Waals surface area contributed by atoms with Crippen LogP contribution in [-0.2, 0) is 20.9 Å². The van der Waals surface area contributed by atoms with Crippen molar-refractivity contribution in [2.75, 3.05) is 5.73 Å². The number of ketones is 1. The molecule has 3 aliphatic carbocycles. The number of aromatic nitrogens is 7. The molecule has 0 radical (unpaired) electrons. The second-order valence-electron chi connectivity index (χ2n) is 15.2. The Morgan fingerprint density at radius 1 is 1.18 bits per heavy atom. The molecule has 9 atom stereocenters. The van der Waals surface area contributed by atoms with E-state index in [0.29, 0.717) is 35.5 Å². The summed E-state index contributed by atoms with van der Waals surface area (Å²) in [5.74, 6) is -0.0779. The van der Waals surface area contributed by atoms with Gasteiger partial charge in [-0.05, 0) is 55.4 Å². The van der Waals surface area contributed by atoms with Crippen molar-refractivity contribution in [2.24, 2.45) is 34.0 Å². The predicted octanol–water partition coefficient (Wildman–Crippen LogP) is 5.18. The monoisotopic (exact) mass is 666 g/mol. The van der Waals surface area contributed by atoms with Crippen LogP contribution in [0.3, 0.4) is 0 Å². The van der Waals surface area contributed by atoms with Gasteiger partial charge in [0.1, 0.15) is 36.0 Å². The Labute approximate surface area is 286 Å². The quantitative estimate of drug-likeness (QED) is 0.198. The van der Waals surface area contributed by atoms with Gasteiger partial charge in [0.05, 0.1) is 24.7 Å². The number of fused-ring (bicyclic) bond motifs is 1. The van der Waals surface area contributed by atoms with E-state index in [1.807, 2.05) is 41.8 Å². The van der Waals surface area contributed by atoms with Gasteiger partial charge in [-0.25, -0.2) is 19.6 Å². The first kappa shape index (κ1) is 33.1. The standard InChI is InChI=1S/C37H46N8O4/c1-7-35(5)16-28(36(6)21(2)12-14-37(22(3)32(35)48)15-13-27(46)31(36)37)49-29(47)18-44-17-26(42-43-44)25-10-8-24(9-11-25)23(4)45-20-41-30-33(38)39-19-40-34(30)45/h7-11,17,19-23,28,31-32,48H,1,12-16,18H2,2-6H3,(H2,38,39,40)/t21-,22+,23-,28-,31+,32+,35-,36+,37+/m1/s1. The molecule has 4 aromatic rings. The van der Waals surface area contributed by atoms with Gasteiger partial charge < -0.3 is 20.1 Å². The number of carbonyl (C=O) groups is 2. The number of aliphatic hydroxyl groups excluding tert-OH is 1. The maximum atomic E-state index is 13.7. The third-order valence-corrected chi connectivity index (χ3v) is 12.9. The fourth-order valence-electron chi connectivity index (χ4n) is 9.58. The summed E-state index contributed by atoms with van der Waals surface area (Å²) in [6.07, 6.45) is 8.85. The first-order chi connectivity index (χ1) is 23.3. The van der Waals surface area contributed by atoms with E-state index < -0.39 is 29.0 Å². The third kappa shape index (κ3) is 5.09. The molecule has 3 saturated carbocycles. The lowest BCUT2D eigenvalue weighted by molar-refractivity contribution is -0.207. The molecule has 0 aliphatic heterocycles. The van der Waals surface area contributed by atoms with E-state index in [2.05, 4.69) is 59.5 Å². The Hall–Kier alpha value is -4.45. The predicted molar refractivity (Wildman–Crippen MR) is 184 cm³/mol. The highest BCUT2D eigenvalue weighted by Gasteiger charge is 2.68. The van der Waals surface area contributed by atoms with Crippen molar-refractivity contribution in [2.45, 2.75) is 91.5 Å². The number of aliphatic hydroxyl groups is 1. The summed E-state index contributed by atoms with van der Waals surface area (Å²) < 4.78 is 9.83. The van der Waals surface area contributed by atoms with Crippen LogP contribution in [0, 0.1) is 34.0 Å². The number of benzene rings is 1. The highest BCUT2D eigenvalue weighted by atomic mass is 16.5. The molecule has 3 aliphatic rings. The summed E-state index contributed by atoms with van der Waals surface area (Å²) in [4.78, 5) is 40.1. The number of ether oxygens (including phenoxy) is 1. The van der Waals surface area contributed by atoms with E-state index in [1.54, 1.807) is 12.5 Å². The molecule has 0 unspecified atom stereocenters. The van der Waals surface area contributed by atoms with Gasteiger partial charge in [0.15, 0.2) is 11.5 Å². The van der Waals surface area contributed by atoms with Gasteiger partial charge in [-0.3, -0.25) is 9.59 Å². The fraction of sp³-hybridized carbons (Fsp3) is 0.541. The molecule has 12 heteroatoms. The van der Waals surface area contributed by atoms with Gasteiger partial charge in [-0.2, -0.15) is 0 Å². The van der Waals surface area contributed by atoms with E-state index in [9.17, 15) is 14.7 Å². The Balaban J connectivity index is 1.10. The Morgan fingerprint density at radius 2 is 1.94 bits per heavy atom. The number of hydrogen-bond donors (Lipinski definition) is 2. The lowest BCUT2D eigenvalue weighted by Crippen LogP contribution is -2.63. The molecule has 0 amide bonds. The molecule has 3 heterocycles. The van der Waals surface area contributed by atoms with E-state index in [1.165, 1.54) is 11.0 Å². The number of nitrogens with zero attached hydrogens (tertiary/aromatic N) is 7. The smallest absolute Gasteiger partial charge is 0.328 e. The van der Waals surface area contributed by atoms with Crippen LogP contribution < -0.4 is 5.73 Å². The number of esters is 1. The summed E-state index contributed by atoms with van der Waals surface area (Å²) in [7, 11) is 0. The number of Topliss-reactive ketones (excluding diaryl/α,β-unsaturated/α-hetero) is 1. The van der Waals surface area contributed by atoms with Crippen LogP contribution in [0.1, 0.15) is 78.3 Å². The fourth-order valence-corrected chi connectivity index (χ4v) is 9.58. The lowest BCUT2D eigenvalue weighted by Gasteiger charge is -2.61. The van der Waals surface area contributed by atoms with Gasteiger partial charge in [-0.1, -0.05) is 63.2 Å². The minimum atomic E-state index is -0.711. The zero-order chi connectivity index (χ0) is 34.9. The largest absolute Gasteiger partial charge is 0.460 e. The molecule has 12 nitrogen and oxygen atoms in total. The summed E-state index contributed by atoms with van der Waals surface area (Å²) in [5.41, 5.74) is 8.12. The third-order valence-electron chi connectivity index (χ3n) is 12.9. The van der Waals surface area contributed by atoms with Crippen LogP contribution in [0.5, 0.6) is 0 Å². The molecule has 49 heavy (non-hydrogen) atoms. The van der Waals surface area contributed by atoms with Crippen molar-refractivity contribution >= 4 is 28.7 Å². The first-order valence-electron chi connectivity index (χ1n) is 17.3. The average Bonchev–Trinajstić information content (AvgIpc) is 3.83. The maximum absolute atomic E-state index is 13.7. The number of imidazole rings is 1. The van der Waals surface area contributed by atoms with Crippen LogP contribution in [0.15, 0.2) is 55.8 Å². The zero-order valence-corrected chi connectivity index (χ0v) is 28.9. The van der Waals surface area contributed by atoms with Crippen LogP contribution in [0.4, 0.5) is 5.82 Å². The molecule has 3 aromatic heterocycles. The molecular weight excluding hydrogens is 620 g/mol. The Kier molecular flexibility index (Phi) is 8.00. The summed E-state index contributed by atoms with van der Waals surface area (Å²) in [6, 6.07) is 7.90. The van der Waals surface area contributed by atoms with Crippen molar-refractivity contribution in [3.05, 3.63) is 61.3 Å². The second-order valence-corrected chi connectivity index (χ2v) is 15.2. The van der Waals surface area contributed by atoms with E-state index >= 15 is 0 Å². The number of anilines is 1. The molecule has 3 N–H and O–H groups in total. The van der Waals surface area contributed by atoms with Crippen molar-refractivity contribution in [3.8, 4) is 11.3 Å². The molecular formula is C37H46N8O4. The topological polar surface area (TPSA) is 164 Å². The van der Waals surface area contributed by atoms with Crippen LogP contribution in [0.25, 0.3) is 22.4 Å². The average molecular weight is 667 g/mol.